The largest absolute Gasteiger partial charge is 0.468 e. The van der Waals surface area contributed by atoms with Gasteiger partial charge in [-0.1, -0.05) is 0 Å². The fraction of sp³-hybridized carbons (Fsp3) is 0.545. The van der Waals surface area contributed by atoms with Crippen molar-refractivity contribution in [1.29, 1.82) is 0 Å². The van der Waals surface area contributed by atoms with Crippen molar-refractivity contribution in [3.05, 3.63) is 24.2 Å². The van der Waals surface area contributed by atoms with Crippen molar-refractivity contribution in [2.24, 2.45) is 11.7 Å². The molecule has 1 saturated heterocycles. The van der Waals surface area contributed by atoms with E-state index in [1.54, 1.807) is 6.26 Å². The maximum absolute atomic E-state index is 11.0. The molecule has 0 radical (unpaired) electrons. The van der Waals surface area contributed by atoms with Crippen LogP contribution in [0.1, 0.15) is 18.6 Å². The zero-order valence-corrected chi connectivity index (χ0v) is 8.69. The molecule has 0 atom stereocenters. The molecule has 0 bridgehead atoms. The zero-order valence-electron chi connectivity index (χ0n) is 8.69. The van der Waals surface area contributed by atoms with Gasteiger partial charge in [-0.25, -0.2) is 0 Å². The van der Waals surface area contributed by atoms with E-state index in [0.717, 1.165) is 38.2 Å². The molecule has 0 aromatic carbocycles. The highest BCUT2D eigenvalue weighted by Crippen LogP contribution is 2.18. The summed E-state index contributed by atoms with van der Waals surface area (Å²) < 4.78 is 5.28. The van der Waals surface area contributed by atoms with Gasteiger partial charge in [0.05, 0.1) is 12.8 Å². The Kier molecular flexibility index (Phi) is 3.06. The number of nitrogens with two attached hydrogens (primary N) is 1. The minimum atomic E-state index is -0.160. The Morgan fingerprint density at radius 1 is 1.53 bits per heavy atom. The molecule has 15 heavy (non-hydrogen) atoms. The molecule has 0 spiro atoms. The van der Waals surface area contributed by atoms with E-state index in [0.29, 0.717) is 0 Å². The minimum absolute atomic E-state index is 0.0675. The second kappa shape index (κ2) is 4.49. The minimum Gasteiger partial charge on any atom is -0.468 e. The normalized spacial score (nSPS) is 19.2. The molecule has 1 amide bonds. The Balaban J connectivity index is 1.81. The monoisotopic (exact) mass is 208 g/mol. The number of furan rings is 1. The number of hydrogen-bond acceptors (Lipinski definition) is 3. The Labute approximate surface area is 89.0 Å². The molecule has 1 aromatic rings. The van der Waals surface area contributed by atoms with Gasteiger partial charge in [-0.05, 0) is 38.1 Å². The van der Waals surface area contributed by atoms with Crippen LogP contribution in [-0.2, 0) is 11.3 Å². The molecule has 1 aromatic heterocycles. The summed E-state index contributed by atoms with van der Waals surface area (Å²) in [6, 6.07) is 3.87. The van der Waals surface area contributed by atoms with Crippen LogP contribution in [0.3, 0.4) is 0 Å². The van der Waals surface area contributed by atoms with E-state index < -0.39 is 0 Å². The van der Waals surface area contributed by atoms with Gasteiger partial charge >= 0.3 is 0 Å². The molecule has 0 unspecified atom stereocenters. The van der Waals surface area contributed by atoms with Gasteiger partial charge in [0.1, 0.15) is 5.76 Å². The summed E-state index contributed by atoms with van der Waals surface area (Å²) in [6.45, 7) is 2.68. The number of amides is 1. The van der Waals surface area contributed by atoms with Gasteiger partial charge < -0.3 is 10.2 Å². The molecule has 4 nitrogen and oxygen atoms in total. The van der Waals surface area contributed by atoms with Gasteiger partial charge in [0.25, 0.3) is 0 Å². The lowest BCUT2D eigenvalue weighted by atomic mass is 9.96. The number of hydrogen-bond donors (Lipinski definition) is 1. The standard InChI is InChI=1S/C11H16N2O2/c12-11(14)9-3-5-13(6-4-9)8-10-2-1-7-15-10/h1-2,7,9H,3-6,8H2,(H2,12,14). The second-order valence-corrected chi connectivity index (χ2v) is 4.03. The topological polar surface area (TPSA) is 59.5 Å². The predicted molar refractivity (Wildman–Crippen MR) is 55.9 cm³/mol. The zero-order chi connectivity index (χ0) is 10.7. The highest BCUT2D eigenvalue weighted by molar-refractivity contribution is 5.76. The maximum atomic E-state index is 11.0. The average Bonchev–Trinajstić information content (AvgIpc) is 2.71. The first-order valence-electron chi connectivity index (χ1n) is 5.30. The summed E-state index contributed by atoms with van der Waals surface area (Å²) in [4.78, 5) is 13.3. The van der Waals surface area contributed by atoms with Crippen LogP contribution < -0.4 is 5.73 Å². The van der Waals surface area contributed by atoms with E-state index in [9.17, 15) is 4.79 Å². The third kappa shape index (κ3) is 2.59. The van der Waals surface area contributed by atoms with E-state index >= 15 is 0 Å². The average molecular weight is 208 g/mol. The van der Waals surface area contributed by atoms with Gasteiger partial charge in [0, 0.05) is 5.92 Å². The molecule has 1 aliphatic rings. The lowest BCUT2D eigenvalue weighted by Crippen LogP contribution is -2.38. The number of rotatable bonds is 3. The van der Waals surface area contributed by atoms with Crippen molar-refractivity contribution in [3.63, 3.8) is 0 Å². The molecule has 4 heteroatoms. The van der Waals surface area contributed by atoms with Crippen LogP contribution in [0.15, 0.2) is 22.8 Å². The number of nitrogens with zero attached hydrogens (tertiary/aromatic N) is 1. The summed E-state index contributed by atoms with van der Waals surface area (Å²) >= 11 is 0. The number of carbonyl (C=O) groups excluding carboxylic acids is 1. The van der Waals surface area contributed by atoms with Gasteiger partial charge in [-0.15, -0.1) is 0 Å². The van der Waals surface area contributed by atoms with Crippen molar-refractivity contribution < 1.29 is 9.21 Å². The summed E-state index contributed by atoms with van der Waals surface area (Å²) in [6.07, 6.45) is 3.43. The fourth-order valence-electron chi connectivity index (χ4n) is 2.00. The van der Waals surface area contributed by atoms with Gasteiger partial charge in [-0.3, -0.25) is 9.69 Å². The van der Waals surface area contributed by atoms with E-state index in [1.807, 2.05) is 12.1 Å². The van der Waals surface area contributed by atoms with Crippen LogP contribution in [0.5, 0.6) is 0 Å². The fourth-order valence-corrected chi connectivity index (χ4v) is 2.00. The van der Waals surface area contributed by atoms with Crippen molar-refractivity contribution in [1.82, 2.24) is 4.90 Å². The van der Waals surface area contributed by atoms with E-state index in [2.05, 4.69) is 4.90 Å². The first-order chi connectivity index (χ1) is 7.25. The number of carbonyl (C=O) groups is 1. The van der Waals surface area contributed by atoms with Crippen molar-refractivity contribution in [3.8, 4) is 0 Å². The Bertz CT molecular complexity index is 313. The molecule has 2 heterocycles. The van der Waals surface area contributed by atoms with Crippen molar-refractivity contribution in [2.75, 3.05) is 13.1 Å². The van der Waals surface area contributed by atoms with Crippen LogP contribution in [0, 0.1) is 5.92 Å². The van der Waals surface area contributed by atoms with Crippen LogP contribution in [0.2, 0.25) is 0 Å². The van der Waals surface area contributed by atoms with Gasteiger partial charge in [0.15, 0.2) is 0 Å². The molecular weight excluding hydrogens is 192 g/mol. The highest BCUT2D eigenvalue weighted by Gasteiger charge is 2.23. The number of primary amides is 1. The predicted octanol–water partition coefficient (Wildman–Crippen LogP) is 0.977. The number of likely N-dealkylation sites (tertiary alicyclic amines) is 1. The van der Waals surface area contributed by atoms with Gasteiger partial charge in [-0.2, -0.15) is 0 Å². The summed E-state index contributed by atoms with van der Waals surface area (Å²) in [5.74, 6) is 0.887. The van der Waals surface area contributed by atoms with Gasteiger partial charge in [0.2, 0.25) is 5.91 Å². The smallest absolute Gasteiger partial charge is 0.220 e. The second-order valence-electron chi connectivity index (χ2n) is 4.03. The summed E-state index contributed by atoms with van der Waals surface area (Å²) in [5, 5.41) is 0. The van der Waals surface area contributed by atoms with Crippen LogP contribution in [-0.4, -0.2) is 23.9 Å². The summed E-state index contributed by atoms with van der Waals surface area (Å²) in [5.41, 5.74) is 5.27. The molecule has 2 N–H and O–H groups in total. The lowest BCUT2D eigenvalue weighted by Gasteiger charge is -2.29. The maximum Gasteiger partial charge on any atom is 0.220 e. The molecule has 82 valence electrons. The first kappa shape index (κ1) is 10.2. The lowest BCUT2D eigenvalue weighted by molar-refractivity contribution is -0.123. The third-order valence-electron chi connectivity index (χ3n) is 2.95. The molecule has 1 fully saturated rings. The first-order valence-corrected chi connectivity index (χ1v) is 5.30. The van der Waals surface area contributed by atoms with Crippen molar-refractivity contribution in [2.45, 2.75) is 19.4 Å². The number of piperidine rings is 1. The SMILES string of the molecule is NC(=O)C1CCN(Cc2ccco2)CC1. The van der Waals surface area contributed by atoms with E-state index in [-0.39, 0.29) is 11.8 Å². The third-order valence-corrected chi connectivity index (χ3v) is 2.95. The molecule has 0 saturated carbocycles. The summed E-state index contributed by atoms with van der Waals surface area (Å²) in [7, 11) is 0. The van der Waals surface area contributed by atoms with Crippen LogP contribution >= 0.6 is 0 Å². The van der Waals surface area contributed by atoms with Crippen LogP contribution in [0.4, 0.5) is 0 Å². The van der Waals surface area contributed by atoms with Crippen molar-refractivity contribution >= 4 is 5.91 Å². The Hall–Kier alpha value is -1.29. The van der Waals surface area contributed by atoms with E-state index in [1.165, 1.54) is 0 Å². The Morgan fingerprint density at radius 3 is 2.80 bits per heavy atom. The molecule has 2 rings (SSSR count). The Morgan fingerprint density at radius 2 is 2.27 bits per heavy atom. The van der Waals surface area contributed by atoms with Crippen LogP contribution in [0.25, 0.3) is 0 Å². The quantitative estimate of drug-likeness (QED) is 0.805. The van der Waals surface area contributed by atoms with E-state index in [4.69, 9.17) is 10.2 Å². The molecular formula is C11H16N2O2. The highest BCUT2D eigenvalue weighted by atomic mass is 16.3. The molecule has 0 aliphatic carbocycles. The molecule has 1 aliphatic heterocycles.